The zero-order chi connectivity index (χ0) is 22.9. The first-order chi connectivity index (χ1) is 15.3. The number of alkyl halides is 3. The summed E-state index contributed by atoms with van der Waals surface area (Å²) in [6.45, 7) is 2.98. The molecule has 2 fully saturated rings. The highest BCUT2D eigenvalue weighted by Crippen LogP contribution is 2.38. The molecule has 2 aromatic rings. The second-order valence-corrected chi connectivity index (χ2v) is 8.72. The van der Waals surface area contributed by atoms with Crippen molar-refractivity contribution in [3.05, 3.63) is 53.9 Å². The monoisotopic (exact) mass is 448 g/mol. The van der Waals surface area contributed by atoms with Crippen LogP contribution < -0.4 is 5.32 Å². The Morgan fingerprint density at radius 2 is 1.88 bits per heavy atom. The molecule has 9 heteroatoms. The number of nitrogens with zero attached hydrogens (tertiary/aromatic N) is 3. The van der Waals surface area contributed by atoms with Crippen LogP contribution in [0.3, 0.4) is 0 Å². The Kier molecular flexibility index (Phi) is 6.50. The molecule has 1 aromatic carbocycles. The van der Waals surface area contributed by atoms with Gasteiger partial charge in [-0.1, -0.05) is 30.3 Å². The fourth-order valence-electron chi connectivity index (χ4n) is 4.42. The summed E-state index contributed by atoms with van der Waals surface area (Å²) in [5, 5.41) is 12.1. The van der Waals surface area contributed by atoms with Gasteiger partial charge < -0.3 is 10.4 Å². The van der Waals surface area contributed by atoms with Gasteiger partial charge in [0.2, 0.25) is 0 Å². The molecule has 2 aliphatic heterocycles. The smallest absolute Gasteiger partial charge is 0.315 e. The third-order valence-electron chi connectivity index (χ3n) is 6.63. The van der Waals surface area contributed by atoms with Crippen molar-refractivity contribution in [1.82, 2.24) is 20.1 Å². The van der Waals surface area contributed by atoms with Crippen molar-refractivity contribution in [1.29, 1.82) is 0 Å². The molecule has 2 N–H and O–H groups in total. The average Bonchev–Trinajstić information content (AvgIpc) is 2.78. The number of amides is 1. The molecule has 0 unspecified atom stereocenters. The number of rotatable bonds is 8. The Labute approximate surface area is 185 Å². The molecule has 3 heterocycles. The summed E-state index contributed by atoms with van der Waals surface area (Å²) < 4.78 is 38.0. The molecule has 1 aromatic heterocycles. The van der Waals surface area contributed by atoms with E-state index in [1.807, 2.05) is 17.4 Å². The lowest BCUT2D eigenvalue weighted by Crippen LogP contribution is -2.75. The Morgan fingerprint density at radius 3 is 2.38 bits per heavy atom. The van der Waals surface area contributed by atoms with Gasteiger partial charge in [0.25, 0.3) is 5.91 Å². The maximum Gasteiger partial charge on any atom is 0.315 e. The maximum absolute atomic E-state index is 13.2. The van der Waals surface area contributed by atoms with Gasteiger partial charge in [-0.05, 0) is 30.7 Å². The van der Waals surface area contributed by atoms with Crippen LogP contribution in [0.5, 0.6) is 0 Å². The Hall–Kier alpha value is -2.49. The van der Waals surface area contributed by atoms with Crippen molar-refractivity contribution in [3.8, 4) is 11.1 Å². The van der Waals surface area contributed by atoms with Gasteiger partial charge in [-0.3, -0.25) is 19.6 Å². The van der Waals surface area contributed by atoms with Gasteiger partial charge in [-0.15, -0.1) is 0 Å². The summed E-state index contributed by atoms with van der Waals surface area (Å²) in [6, 6.07) is 9.18. The minimum absolute atomic E-state index is 0.322. The van der Waals surface area contributed by atoms with Crippen molar-refractivity contribution < 1.29 is 23.1 Å². The fraction of sp³-hybridized carbons (Fsp3) is 0.478. The number of halogens is 3. The summed E-state index contributed by atoms with van der Waals surface area (Å²) in [7, 11) is 2.18. The van der Waals surface area contributed by atoms with Crippen molar-refractivity contribution in [2.45, 2.75) is 37.1 Å². The van der Waals surface area contributed by atoms with Crippen LogP contribution in [0.1, 0.15) is 23.8 Å². The summed E-state index contributed by atoms with van der Waals surface area (Å²) in [5.41, 5.74) is 3.45. The number of aromatic nitrogens is 1. The summed E-state index contributed by atoms with van der Waals surface area (Å²) in [6.07, 6.45) is -1.65. The number of carbonyl (C=O) groups excluding carboxylic acids is 1. The minimum atomic E-state index is -3.27. The third-order valence-corrected chi connectivity index (χ3v) is 6.63. The average molecular weight is 448 g/mol. The van der Waals surface area contributed by atoms with E-state index in [1.165, 1.54) is 13.0 Å². The number of aliphatic hydroxyl groups is 1. The zero-order valence-corrected chi connectivity index (χ0v) is 17.8. The highest BCUT2D eigenvalue weighted by molar-refractivity contribution is 5.79. The number of likely N-dealkylation sites (tertiary alicyclic amines) is 2. The van der Waals surface area contributed by atoms with E-state index in [2.05, 4.69) is 21.8 Å². The van der Waals surface area contributed by atoms with Gasteiger partial charge in [0, 0.05) is 43.5 Å². The van der Waals surface area contributed by atoms with Crippen molar-refractivity contribution in [2.24, 2.45) is 0 Å². The largest absolute Gasteiger partial charge is 0.386 e. The van der Waals surface area contributed by atoms with E-state index in [0.717, 1.165) is 36.5 Å². The van der Waals surface area contributed by atoms with Crippen LogP contribution in [0.2, 0.25) is 0 Å². The minimum Gasteiger partial charge on any atom is -0.386 e. The van der Waals surface area contributed by atoms with E-state index in [-0.39, 0.29) is 0 Å². The van der Waals surface area contributed by atoms with Crippen molar-refractivity contribution >= 4 is 5.91 Å². The summed E-state index contributed by atoms with van der Waals surface area (Å²) in [4.78, 5) is 20.5. The predicted octanol–water partition coefficient (Wildman–Crippen LogP) is 2.39. The molecule has 1 spiro atoms. The van der Waals surface area contributed by atoms with Crippen molar-refractivity contribution in [2.75, 3.05) is 33.4 Å². The molecule has 0 aliphatic carbocycles. The SMILES string of the molecule is CN1CCC12CN(Cc1ccc(-c3ccc([C@@H](O)[C@@H](CF)NC(=O)C(F)F)cc3)cn1)C2. The molecule has 32 heavy (non-hydrogen) atoms. The zero-order valence-electron chi connectivity index (χ0n) is 17.8. The Morgan fingerprint density at radius 1 is 1.19 bits per heavy atom. The molecule has 0 radical (unpaired) electrons. The number of pyridine rings is 1. The number of carbonyl (C=O) groups is 1. The number of benzene rings is 1. The van der Waals surface area contributed by atoms with Crippen LogP contribution in [0.4, 0.5) is 13.2 Å². The van der Waals surface area contributed by atoms with Crippen LogP contribution >= 0.6 is 0 Å². The first-order valence-corrected chi connectivity index (χ1v) is 10.6. The summed E-state index contributed by atoms with van der Waals surface area (Å²) >= 11 is 0. The fourth-order valence-corrected chi connectivity index (χ4v) is 4.42. The number of hydrogen-bond acceptors (Lipinski definition) is 5. The van der Waals surface area contributed by atoms with Crippen molar-refractivity contribution in [3.63, 3.8) is 0 Å². The third kappa shape index (κ3) is 4.51. The van der Waals surface area contributed by atoms with Gasteiger partial charge in [0.15, 0.2) is 0 Å². The summed E-state index contributed by atoms with van der Waals surface area (Å²) in [5.74, 6) is -1.61. The number of aliphatic hydroxyl groups excluding tert-OH is 1. The predicted molar refractivity (Wildman–Crippen MR) is 114 cm³/mol. The van der Waals surface area contributed by atoms with Gasteiger partial charge >= 0.3 is 6.43 Å². The van der Waals surface area contributed by atoms with E-state index in [4.69, 9.17) is 0 Å². The van der Waals surface area contributed by atoms with E-state index >= 15 is 0 Å². The first kappa shape index (κ1) is 22.7. The number of likely N-dealkylation sites (N-methyl/N-ethyl adjacent to an activating group) is 1. The Balaban J connectivity index is 1.34. The lowest BCUT2D eigenvalue weighted by Gasteiger charge is -2.61. The second kappa shape index (κ2) is 9.17. The van der Waals surface area contributed by atoms with E-state index in [1.54, 1.807) is 30.5 Å². The van der Waals surface area contributed by atoms with Gasteiger partial charge in [-0.25, -0.2) is 4.39 Å². The highest BCUT2D eigenvalue weighted by atomic mass is 19.3. The van der Waals surface area contributed by atoms with Crippen LogP contribution in [-0.4, -0.2) is 77.2 Å². The molecule has 1 amide bonds. The molecular weight excluding hydrogens is 421 g/mol. The van der Waals surface area contributed by atoms with E-state index in [9.17, 15) is 23.1 Å². The second-order valence-electron chi connectivity index (χ2n) is 8.72. The first-order valence-electron chi connectivity index (χ1n) is 10.6. The van der Waals surface area contributed by atoms with Crippen LogP contribution in [-0.2, 0) is 11.3 Å². The van der Waals surface area contributed by atoms with E-state index < -0.39 is 31.2 Å². The van der Waals surface area contributed by atoms with Gasteiger partial charge in [0.1, 0.15) is 12.8 Å². The highest BCUT2D eigenvalue weighted by Gasteiger charge is 2.51. The molecule has 2 aliphatic rings. The lowest BCUT2D eigenvalue weighted by molar-refractivity contribution is -0.133. The van der Waals surface area contributed by atoms with Gasteiger partial charge in [0.05, 0.1) is 11.7 Å². The van der Waals surface area contributed by atoms with Gasteiger partial charge in [-0.2, -0.15) is 8.78 Å². The molecule has 0 bridgehead atoms. The molecule has 6 nitrogen and oxygen atoms in total. The molecule has 172 valence electrons. The van der Waals surface area contributed by atoms with Crippen LogP contribution in [0.25, 0.3) is 11.1 Å². The molecule has 2 atom stereocenters. The normalized spacial score (nSPS) is 19.9. The quantitative estimate of drug-likeness (QED) is 0.649. The standard InChI is InChI=1S/C23H27F3N4O2/c1-29-9-8-23(29)13-30(14-23)12-18-7-6-17(11-27-18)15-2-4-16(5-3-15)20(31)19(10-24)28-22(32)21(25)26/h2-7,11,19-21,31H,8-10,12-14H2,1H3,(H,28,32)/t19-,20-/m1/s1. The Bertz CT molecular complexity index is 933. The van der Waals surface area contributed by atoms with E-state index in [0.29, 0.717) is 11.1 Å². The maximum atomic E-state index is 13.2. The lowest BCUT2D eigenvalue weighted by atomic mass is 9.78. The molecule has 2 saturated heterocycles. The number of nitrogens with one attached hydrogen (secondary N) is 1. The molecule has 4 rings (SSSR count). The molecule has 0 saturated carbocycles. The molecular formula is C23H27F3N4O2. The van der Waals surface area contributed by atoms with Crippen LogP contribution in [0, 0.1) is 0 Å². The number of hydrogen-bond donors (Lipinski definition) is 2. The topological polar surface area (TPSA) is 68.7 Å². The van der Waals surface area contributed by atoms with Crippen LogP contribution in [0.15, 0.2) is 42.6 Å².